The fraction of sp³-hybridized carbons (Fsp3) is 0.833. The lowest BCUT2D eigenvalue weighted by atomic mass is 9.68. The summed E-state index contributed by atoms with van der Waals surface area (Å²) in [6.45, 7) is 10.5. The van der Waals surface area contributed by atoms with Crippen molar-refractivity contribution in [2.24, 2.45) is 24.3 Å². The lowest BCUT2D eigenvalue weighted by molar-refractivity contribution is 0.132. The van der Waals surface area contributed by atoms with E-state index in [9.17, 15) is 0 Å². The van der Waals surface area contributed by atoms with Crippen LogP contribution in [-0.4, -0.2) is 22.4 Å². The maximum atomic E-state index is 4.56. The molecule has 1 aliphatic rings. The number of nitrogens with one attached hydrogen (secondary N) is 1. The van der Waals surface area contributed by atoms with Crippen LogP contribution in [0.5, 0.6) is 0 Å². The van der Waals surface area contributed by atoms with E-state index >= 15 is 0 Å². The van der Waals surface area contributed by atoms with Gasteiger partial charge in [0.1, 0.15) is 0 Å². The normalized spacial score (nSPS) is 25.0. The first-order valence-electron chi connectivity index (χ1n) is 8.62. The minimum absolute atomic E-state index is 0.472. The molecule has 1 heterocycles. The molecular formula is C18H33N3. The van der Waals surface area contributed by atoms with E-state index in [2.05, 4.69) is 50.4 Å². The predicted molar refractivity (Wildman–Crippen MR) is 89.3 cm³/mol. The molecule has 0 amide bonds. The summed E-state index contributed by atoms with van der Waals surface area (Å²) in [5, 5.41) is 8.27. The molecular weight excluding hydrogens is 258 g/mol. The summed E-state index contributed by atoms with van der Waals surface area (Å²) in [7, 11) is 2.00. The molecule has 0 aromatic carbocycles. The van der Waals surface area contributed by atoms with Crippen LogP contribution in [0.3, 0.4) is 0 Å². The highest BCUT2D eigenvalue weighted by Crippen LogP contribution is 2.40. The lowest BCUT2D eigenvalue weighted by Crippen LogP contribution is -2.41. The van der Waals surface area contributed by atoms with E-state index in [-0.39, 0.29) is 0 Å². The van der Waals surface area contributed by atoms with Crippen molar-refractivity contribution in [3.8, 4) is 0 Å². The molecule has 0 bridgehead atoms. The zero-order chi connectivity index (χ0) is 15.5. The van der Waals surface area contributed by atoms with Crippen LogP contribution >= 0.6 is 0 Å². The zero-order valence-corrected chi connectivity index (χ0v) is 14.5. The van der Waals surface area contributed by atoms with Gasteiger partial charge in [0.15, 0.2) is 0 Å². The van der Waals surface area contributed by atoms with Gasteiger partial charge >= 0.3 is 0 Å². The van der Waals surface area contributed by atoms with E-state index in [4.69, 9.17) is 0 Å². The van der Waals surface area contributed by atoms with Crippen LogP contribution in [0.2, 0.25) is 0 Å². The van der Waals surface area contributed by atoms with Crippen LogP contribution in [0.1, 0.15) is 59.1 Å². The molecule has 1 saturated carbocycles. The van der Waals surface area contributed by atoms with Crippen LogP contribution in [-0.2, 0) is 13.5 Å². The minimum atomic E-state index is 0.472. The van der Waals surface area contributed by atoms with Crippen LogP contribution in [0.4, 0.5) is 0 Å². The maximum Gasteiger partial charge on any atom is 0.0640 e. The molecule has 3 heteroatoms. The average molecular weight is 291 g/mol. The molecule has 21 heavy (non-hydrogen) atoms. The fourth-order valence-corrected chi connectivity index (χ4v) is 3.85. The van der Waals surface area contributed by atoms with E-state index < -0.39 is 0 Å². The SMILES string of the molecule is CCNC(Cc1ccn(C)n1)C1CCC(C(C)(C)C)CC1. The number of hydrogen-bond acceptors (Lipinski definition) is 2. The Morgan fingerprint density at radius 1 is 1.29 bits per heavy atom. The molecule has 2 rings (SSSR count). The Morgan fingerprint density at radius 3 is 2.43 bits per heavy atom. The van der Waals surface area contributed by atoms with Crippen LogP contribution in [0.25, 0.3) is 0 Å². The lowest BCUT2D eigenvalue weighted by Gasteiger charge is -2.39. The summed E-state index contributed by atoms with van der Waals surface area (Å²) in [4.78, 5) is 0. The Hall–Kier alpha value is -0.830. The Bertz CT molecular complexity index is 422. The van der Waals surface area contributed by atoms with E-state index in [0.29, 0.717) is 11.5 Å². The minimum Gasteiger partial charge on any atom is -0.314 e. The molecule has 1 fully saturated rings. The standard InChI is InChI=1S/C18H33N3/c1-6-19-17(13-16-11-12-21(5)20-16)14-7-9-15(10-8-14)18(2,3)4/h11-12,14-15,17,19H,6-10,13H2,1-5H3. The van der Waals surface area contributed by atoms with E-state index in [1.165, 1.54) is 31.4 Å². The largest absolute Gasteiger partial charge is 0.314 e. The van der Waals surface area contributed by atoms with Gasteiger partial charge in [0.25, 0.3) is 0 Å². The van der Waals surface area contributed by atoms with Crippen molar-refractivity contribution < 1.29 is 0 Å². The van der Waals surface area contributed by atoms with Gasteiger partial charge in [0, 0.05) is 25.7 Å². The van der Waals surface area contributed by atoms with Gasteiger partial charge in [-0.1, -0.05) is 27.7 Å². The average Bonchev–Trinajstić information content (AvgIpc) is 2.83. The van der Waals surface area contributed by atoms with E-state index in [1.54, 1.807) is 0 Å². The summed E-state index contributed by atoms with van der Waals surface area (Å²) in [5.74, 6) is 1.71. The summed E-state index contributed by atoms with van der Waals surface area (Å²) in [5.41, 5.74) is 1.70. The van der Waals surface area contributed by atoms with Gasteiger partial charge in [0.2, 0.25) is 0 Å². The second-order valence-electron chi connectivity index (χ2n) is 7.83. The first-order chi connectivity index (χ1) is 9.90. The second-order valence-corrected chi connectivity index (χ2v) is 7.83. The highest BCUT2D eigenvalue weighted by Gasteiger charge is 2.32. The van der Waals surface area contributed by atoms with Crippen molar-refractivity contribution >= 4 is 0 Å². The Kier molecular flexibility index (Phi) is 5.48. The van der Waals surface area contributed by atoms with E-state index in [0.717, 1.165) is 24.8 Å². The smallest absolute Gasteiger partial charge is 0.0640 e. The summed E-state index contributed by atoms with van der Waals surface area (Å²) < 4.78 is 1.91. The van der Waals surface area contributed by atoms with Crippen molar-refractivity contribution in [3.63, 3.8) is 0 Å². The molecule has 1 unspecified atom stereocenters. The molecule has 1 atom stereocenters. The highest BCUT2D eigenvalue weighted by atomic mass is 15.2. The maximum absolute atomic E-state index is 4.56. The number of aromatic nitrogens is 2. The van der Waals surface area contributed by atoms with Crippen LogP contribution in [0.15, 0.2) is 12.3 Å². The monoisotopic (exact) mass is 291 g/mol. The van der Waals surface area contributed by atoms with Crippen LogP contribution < -0.4 is 5.32 Å². The van der Waals surface area contributed by atoms with Gasteiger partial charge in [-0.2, -0.15) is 5.10 Å². The molecule has 1 aromatic rings. The molecule has 0 aliphatic heterocycles. The summed E-state index contributed by atoms with van der Waals surface area (Å²) >= 11 is 0. The molecule has 0 radical (unpaired) electrons. The van der Waals surface area contributed by atoms with Gasteiger partial charge in [-0.15, -0.1) is 0 Å². The second kappa shape index (κ2) is 6.95. The van der Waals surface area contributed by atoms with Gasteiger partial charge in [-0.25, -0.2) is 0 Å². The van der Waals surface area contributed by atoms with Crippen LogP contribution in [0, 0.1) is 17.3 Å². The third kappa shape index (κ3) is 4.57. The molecule has 1 aromatic heterocycles. The zero-order valence-electron chi connectivity index (χ0n) is 14.5. The summed E-state index contributed by atoms with van der Waals surface area (Å²) in [6, 6.07) is 2.75. The third-order valence-corrected chi connectivity index (χ3v) is 5.23. The third-order valence-electron chi connectivity index (χ3n) is 5.23. The van der Waals surface area contributed by atoms with Gasteiger partial charge < -0.3 is 5.32 Å². The van der Waals surface area contributed by atoms with Crippen molar-refractivity contribution in [3.05, 3.63) is 18.0 Å². The van der Waals surface area contributed by atoms with Crippen molar-refractivity contribution in [2.45, 2.75) is 65.8 Å². The Morgan fingerprint density at radius 2 is 1.95 bits per heavy atom. The van der Waals surface area contributed by atoms with Crippen molar-refractivity contribution in [1.82, 2.24) is 15.1 Å². The number of likely N-dealkylation sites (N-methyl/N-ethyl adjacent to an activating group) is 1. The topological polar surface area (TPSA) is 29.9 Å². The fourth-order valence-electron chi connectivity index (χ4n) is 3.85. The quantitative estimate of drug-likeness (QED) is 0.894. The first kappa shape index (κ1) is 16.5. The summed E-state index contributed by atoms with van der Waals surface area (Å²) in [6.07, 6.45) is 8.63. The predicted octanol–water partition coefficient (Wildman–Crippen LogP) is 3.79. The molecule has 120 valence electrons. The van der Waals surface area contributed by atoms with Gasteiger partial charge in [-0.3, -0.25) is 4.68 Å². The van der Waals surface area contributed by atoms with Gasteiger partial charge in [0.05, 0.1) is 5.69 Å². The Balaban J connectivity index is 1.93. The highest BCUT2D eigenvalue weighted by molar-refractivity contribution is 5.02. The molecule has 0 saturated heterocycles. The van der Waals surface area contributed by atoms with E-state index in [1.807, 2.05) is 11.7 Å². The van der Waals surface area contributed by atoms with Gasteiger partial charge in [-0.05, 0) is 55.5 Å². The number of nitrogens with zero attached hydrogens (tertiary/aromatic N) is 2. The molecule has 0 spiro atoms. The molecule has 1 aliphatic carbocycles. The van der Waals surface area contributed by atoms with Crippen molar-refractivity contribution in [1.29, 1.82) is 0 Å². The first-order valence-corrected chi connectivity index (χ1v) is 8.62. The number of hydrogen-bond donors (Lipinski definition) is 1. The Labute approximate surface area is 130 Å². The van der Waals surface area contributed by atoms with Crippen molar-refractivity contribution in [2.75, 3.05) is 6.54 Å². The molecule has 3 nitrogen and oxygen atoms in total. The number of aryl methyl sites for hydroxylation is 1. The molecule has 1 N–H and O–H groups in total. The number of rotatable bonds is 5.